The van der Waals surface area contributed by atoms with Crippen LogP contribution in [0.3, 0.4) is 0 Å². The maximum absolute atomic E-state index is 12.1. The van der Waals surface area contributed by atoms with E-state index in [2.05, 4.69) is 5.10 Å². The molecule has 128 valence electrons. The highest BCUT2D eigenvalue weighted by molar-refractivity contribution is 6.02. The molecule has 0 atom stereocenters. The van der Waals surface area contributed by atoms with Gasteiger partial charge >= 0.3 is 5.97 Å². The normalized spacial score (nSPS) is 13.4. The number of phenolic OH excluding ortho intramolecular Hbond substituents is 2. The van der Waals surface area contributed by atoms with Crippen molar-refractivity contribution in [1.29, 1.82) is 0 Å². The molecule has 1 heterocycles. The van der Waals surface area contributed by atoms with Crippen LogP contribution in [0.25, 0.3) is 0 Å². The van der Waals surface area contributed by atoms with Gasteiger partial charge in [-0.05, 0) is 17.7 Å². The van der Waals surface area contributed by atoms with Crippen molar-refractivity contribution in [2.75, 3.05) is 13.2 Å². The first-order valence-electron chi connectivity index (χ1n) is 7.67. The number of phenols is 2. The van der Waals surface area contributed by atoms with Crippen molar-refractivity contribution in [2.45, 2.75) is 6.42 Å². The van der Waals surface area contributed by atoms with Crippen LogP contribution in [0.15, 0.2) is 53.6 Å². The number of aromatic hydroxyl groups is 2. The zero-order chi connectivity index (χ0) is 17.8. The summed E-state index contributed by atoms with van der Waals surface area (Å²) >= 11 is 0. The number of benzene rings is 2. The molecule has 0 fully saturated rings. The first-order valence-corrected chi connectivity index (χ1v) is 7.67. The summed E-state index contributed by atoms with van der Waals surface area (Å²) < 4.78 is 4.92. The van der Waals surface area contributed by atoms with E-state index < -0.39 is 24.2 Å². The summed E-state index contributed by atoms with van der Waals surface area (Å²) in [5.41, 5.74) is 1.63. The molecule has 25 heavy (non-hydrogen) atoms. The Bertz CT molecular complexity index is 833. The number of hydrogen-bond donors (Lipinski definition) is 2. The van der Waals surface area contributed by atoms with Crippen LogP contribution in [0.1, 0.15) is 22.3 Å². The monoisotopic (exact) mass is 340 g/mol. The minimum absolute atomic E-state index is 0.125. The highest BCUT2D eigenvalue weighted by Crippen LogP contribution is 2.23. The van der Waals surface area contributed by atoms with Gasteiger partial charge in [0.25, 0.3) is 5.91 Å². The number of carbonyl (C=O) groups excluding carboxylic acids is 2. The lowest BCUT2D eigenvalue weighted by Gasteiger charge is -2.12. The molecule has 0 radical (unpaired) electrons. The number of ether oxygens (including phenoxy) is 1. The Morgan fingerprint density at radius 3 is 2.60 bits per heavy atom. The number of carbonyl (C=O) groups is 2. The summed E-state index contributed by atoms with van der Waals surface area (Å²) in [6.45, 7) is -0.0597. The molecule has 2 aromatic carbocycles. The summed E-state index contributed by atoms with van der Waals surface area (Å²) in [5, 5.41) is 24.4. The fraction of sp³-hybridized carbons (Fsp3) is 0.167. The molecular weight excluding hydrogens is 324 g/mol. The molecular formula is C18H16N2O5. The Labute approximate surface area is 143 Å². The molecule has 2 aromatic rings. The van der Waals surface area contributed by atoms with Gasteiger partial charge in [-0.25, -0.2) is 9.80 Å². The molecule has 0 aromatic heterocycles. The van der Waals surface area contributed by atoms with E-state index in [0.29, 0.717) is 13.0 Å². The number of rotatable bonds is 4. The van der Waals surface area contributed by atoms with Gasteiger partial charge < -0.3 is 14.9 Å². The van der Waals surface area contributed by atoms with Crippen molar-refractivity contribution < 1.29 is 24.5 Å². The molecule has 1 aliphatic heterocycles. The number of nitrogens with zero attached hydrogens (tertiary/aromatic N) is 2. The van der Waals surface area contributed by atoms with Crippen LogP contribution in [-0.2, 0) is 9.53 Å². The SMILES string of the molecule is O=C(OCC(=O)N1CCC(c2ccccc2)=N1)c1ccc(O)cc1O. The summed E-state index contributed by atoms with van der Waals surface area (Å²) in [5.74, 6) is -1.89. The fourth-order valence-corrected chi connectivity index (χ4v) is 2.44. The van der Waals surface area contributed by atoms with Gasteiger partial charge in [0.05, 0.1) is 12.3 Å². The Hall–Kier alpha value is -3.35. The molecule has 0 aliphatic carbocycles. The molecule has 2 N–H and O–H groups in total. The Balaban J connectivity index is 1.60. The van der Waals surface area contributed by atoms with Crippen LogP contribution in [0.4, 0.5) is 0 Å². The first-order chi connectivity index (χ1) is 12.0. The average molecular weight is 340 g/mol. The van der Waals surface area contributed by atoms with E-state index in [1.807, 2.05) is 30.3 Å². The second-order valence-electron chi connectivity index (χ2n) is 5.46. The smallest absolute Gasteiger partial charge is 0.342 e. The van der Waals surface area contributed by atoms with Crippen LogP contribution >= 0.6 is 0 Å². The van der Waals surface area contributed by atoms with E-state index in [1.54, 1.807) is 0 Å². The number of amides is 1. The summed E-state index contributed by atoms with van der Waals surface area (Å²) in [6.07, 6.45) is 0.627. The second-order valence-corrected chi connectivity index (χ2v) is 5.46. The van der Waals surface area contributed by atoms with Gasteiger partial charge in [-0.1, -0.05) is 30.3 Å². The Morgan fingerprint density at radius 1 is 1.12 bits per heavy atom. The van der Waals surface area contributed by atoms with E-state index in [-0.39, 0.29) is 11.3 Å². The first kappa shape index (κ1) is 16.5. The molecule has 0 bridgehead atoms. The van der Waals surface area contributed by atoms with Gasteiger partial charge in [-0.2, -0.15) is 5.10 Å². The number of hydrazone groups is 1. The maximum atomic E-state index is 12.1. The third kappa shape index (κ3) is 3.77. The molecule has 0 saturated heterocycles. The van der Waals surface area contributed by atoms with Crippen molar-refractivity contribution in [1.82, 2.24) is 5.01 Å². The molecule has 0 unspecified atom stereocenters. The van der Waals surface area contributed by atoms with Gasteiger partial charge in [-0.3, -0.25) is 4.79 Å². The zero-order valence-electron chi connectivity index (χ0n) is 13.3. The van der Waals surface area contributed by atoms with Crippen molar-refractivity contribution in [3.05, 3.63) is 59.7 Å². The van der Waals surface area contributed by atoms with Gasteiger partial charge in [-0.15, -0.1) is 0 Å². The standard InChI is InChI=1S/C18H16N2O5/c21-13-6-7-14(16(22)10-13)18(24)25-11-17(23)20-9-8-15(19-20)12-4-2-1-3-5-12/h1-7,10,21-22H,8-9,11H2. The summed E-state index contributed by atoms with van der Waals surface area (Å²) in [4.78, 5) is 24.0. The molecule has 0 saturated carbocycles. The lowest BCUT2D eigenvalue weighted by atomic mass is 10.1. The topological polar surface area (TPSA) is 99.4 Å². The van der Waals surface area contributed by atoms with Crippen LogP contribution < -0.4 is 0 Å². The Morgan fingerprint density at radius 2 is 1.88 bits per heavy atom. The van der Waals surface area contributed by atoms with Crippen LogP contribution in [0.5, 0.6) is 11.5 Å². The number of hydrogen-bond acceptors (Lipinski definition) is 6. The van der Waals surface area contributed by atoms with Gasteiger partial charge in [0.1, 0.15) is 17.1 Å². The van der Waals surface area contributed by atoms with E-state index >= 15 is 0 Å². The summed E-state index contributed by atoms with van der Waals surface area (Å²) in [7, 11) is 0. The predicted molar refractivity (Wildman–Crippen MR) is 89.4 cm³/mol. The molecule has 7 heteroatoms. The Kier molecular flexibility index (Phi) is 4.65. The number of esters is 1. The van der Waals surface area contributed by atoms with E-state index in [0.717, 1.165) is 17.3 Å². The highest BCUT2D eigenvalue weighted by atomic mass is 16.5. The van der Waals surface area contributed by atoms with Crippen molar-refractivity contribution >= 4 is 17.6 Å². The van der Waals surface area contributed by atoms with Crippen LogP contribution in [-0.4, -0.2) is 46.0 Å². The highest BCUT2D eigenvalue weighted by Gasteiger charge is 2.23. The lowest BCUT2D eigenvalue weighted by molar-refractivity contribution is -0.134. The third-order valence-corrected chi connectivity index (χ3v) is 3.72. The predicted octanol–water partition coefficient (Wildman–Crippen LogP) is 1.89. The van der Waals surface area contributed by atoms with Gasteiger partial charge in [0, 0.05) is 12.5 Å². The minimum atomic E-state index is -0.850. The molecule has 0 spiro atoms. The van der Waals surface area contributed by atoms with E-state index in [4.69, 9.17) is 4.74 Å². The van der Waals surface area contributed by atoms with Crippen LogP contribution in [0, 0.1) is 0 Å². The molecule has 1 amide bonds. The van der Waals surface area contributed by atoms with E-state index in [9.17, 15) is 19.8 Å². The van der Waals surface area contributed by atoms with Gasteiger partial charge in [0.15, 0.2) is 6.61 Å². The minimum Gasteiger partial charge on any atom is -0.508 e. The molecule has 1 aliphatic rings. The van der Waals surface area contributed by atoms with Gasteiger partial charge in [0.2, 0.25) is 0 Å². The quantitative estimate of drug-likeness (QED) is 0.828. The molecule has 3 rings (SSSR count). The second kappa shape index (κ2) is 7.04. The largest absolute Gasteiger partial charge is 0.508 e. The zero-order valence-corrected chi connectivity index (χ0v) is 13.3. The van der Waals surface area contributed by atoms with Crippen molar-refractivity contribution in [3.63, 3.8) is 0 Å². The molecule has 7 nitrogen and oxygen atoms in total. The lowest BCUT2D eigenvalue weighted by Crippen LogP contribution is -2.28. The third-order valence-electron chi connectivity index (χ3n) is 3.72. The average Bonchev–Trinajstić information content (AvgIpc) is 3.10. The van der Waals surface area contributed by atoms with E-state index in [1.165, 1.54) is 17.1 Å². The summed E-state index contributed by atoms with van der Waals surface area (Å²) in [6, 6.07) is 13.0. The fourth-order valence-electron chi connectivity index (χ4n) is 2.44. The maximum Gasteiger partial charge on any atom is 0.342 e. The van der Waals surface area contributed by atoms with Crippen molar-refractivity contribution in [2.24, 2.45) is 5.10 Å². The van der Waals surface area contributed by atoms with Crippen LogP contribution in [0.2, 0.25) is 0 Å². The van der Waals surface area contributed by atoms with Crippen molar-refractivity contribution in [3.8, 4) is 11.5 Å².